The number of ether oxygens (including phenoxy) is 1. The van der Waals surface area contributed by atoms with E-state index in [0.29, 0.717) is 5.56 Å². The number of nitrogens with zero attached hydrogens (tertiary/aromatic N) is 1. The molecule has 3 rings (SSSR count). The summed E-state index contributed by atoms with van der Waals surface area (Å²) < 4.78 is 5.51. The Morgan fingerprint density at radius 2 is 1.63 bits per heavy atom. The standard InChI is InChI=1S/C23H26N2O5/c1-23(2,3)30-22(29)25-13-17(15-11-7-8-12-16(15)21(27)28)18(19(25)20(24)26)14-9-5-4-6-10-14/h4-12,17-19H,13H2,1-3H3,(H2,24,26)(H,27,28)/t17?,18-,19-/m0/s1. The third-order valence-electron chi connectivity index (χ3n) is 5.20. The predicted octanol–water partition coefficient (Wildman–Crippen LogP) is 3.36. The summed E-state index contributed by atoms with van der Waals surface area (Å²) in [6.07, 6.45) is -0.650. The van der Waals surface area contributed by atoms with Crippen molar-refractivity contribution in [1.29, 1.82) is 0 Å². The first-order valence-corrected chi connectivity index (χ1v) is 9.76. The lowest BCUT2D eigenvalue weighted by atomic mass is 9.79. The highest BCUT2D eigenvalue weighted by Crippen LogP contribution is 2.45. The minimum atomic E-state index is -1.07. The molecule has 0 radical (unpaired) electrons. The van der Waals surface area contributed by atoms with Crippen LogP contribution in [0.4, 0.5) is 4.79 Å². The van der Waals surface area contributed by atoms with Crippen LogP contribution in [0.25, 0.3) is 0 Å². The summed E-state index contributed by atoms with van der Waals surface area (Å²) in [5.41, 5.74) is 6.49. The molecule has 30 heavy (non-hydrogen) atoms. The van der Waals surface area contributed by atoms with Gasteiger partial charge in [0.2, 0.25) is 5.91 Å². The molecule has 1 saturated heterocycles. The van der Waals surface area contributed by atoms with Crippen LogP contribution in [-0.2, 0) is 9.53 Å². The van der Waals surface area contributed by atoms with E-state index in [0.717, 1.165) is 5.56 Å². The Morgan fingerprint density at radius 1 is 1.03 bits per heavy atom. The van der Waals surface area contributed by atoms with E-state index in [2.05, 4.69) is 0 Å². The minimum absolute atomic E-state index is 0.117. The van der Waals surface area contributed by atoms with E-state index in [9.17, 15) is 19.5 Å². The average molecular weight is 410 g/mol. The van der Waals surface area contributed by atoms with Crippen molar-refractivity contribution in [2.45, 2.75) is 44.2 Å². The second-order valence-corrected chi connectivity index (χ2v) is 8.42. The maximum atomic E-state index is 12.9. The summed E-state index contributed by atoms with van der Waals surface area (Å²) in [7, 11) is 0. The third kappa shape index (κ3) is 4.30. The molecule has 7 heteroatoms. The van der Waals surface area contributed by atoms with Crippen molar-refractivity contribution in [3.8, 4) is 0 Å². The molecule has 1 unspecified atom stereocenters. The predicted molar refractivity (Wildman–Crippen MR) is 111 cm³/mol. The Labute approximate surface area is 175 Å². The number of benzene rings is 2. The summed E-state index contributed by atoms with van der Waals surface area (Å²) in [4.78, 5) is 38.6. The maximum absolute atomic E-state index is 12.9. The van der Waals surface area contributed by atoms with Gasteiger partial charge in [-0.1, -0.05) is 48.5 Å². The van der Waals surface area contributed by atoms with Gasteiger partial charge in [0.05, 0.1) is 5.56 Å². The quantitative estimate of drug-likeness (QED) is 0.803. The number of carboxylic acids is 1. The lowest BCUT2D eigenvalue weighted by Gasteiger charge is -2.29. The van der Waals surface area contributed by atoms with Crippen LogP contribution in [0.15, 0.2) is 54.6 Å². The molecule has 1 aliphatic rings. The number of primary amides is 1. The van der Waals surface area contributed by atoms with Crippen molar-refractivity contribution in [2.75, 3.05) is 6.54 Å². The number of nitrogens with two attached hydrogens (primary N) is 1. The first-order valence-electron chi connectivity index (χ1n) is 9.76. The summed E-state index contributed by atoms with van der Waals surface area (Å²) in [5.74, 6) is -2.67. The molecule has 1 heterocycles. The van der Waals surface area contributed by atoms with Crippen LogP contribution >= 0.6 is 0 Å². The largest absolute Gasteiger partial charge is 0.478 e. The van der Waals surface area contributed by atoms with Gasteiger partial charge in [-0.15, -0.1) is 0 Å². The van der Waals surface area contributed by atoms with E-state index >= 15 is 0 Å². The molecule has 3 N–H and O–H groups in total. The molecule has 0 saturated carbocycles. The van der Waals surface area contributed by atoms with Crippen LogP contribution in [-0.4, -0.2) is 46.2 Å². The molecule has 1 fully saturated rings. The van der Waals surface area contributed by atoms with Crippen molar-refractivity contribution >= 4 is 18.0 Å². The number of carbonyl (C=O) groups excluding carboxylic acids is 2. The van der Waals surface area contributed by atoms with E-state index in [1.807, 2.05) is 30.3 Å². The Bertz CT molecular complexity index is 952. The smallest absolute Gasteiger partial charge is 0.411 e. The first kappa shape index (κ1) is 21.4. The zero-order valence-electron chi connectivity index (χ0n) is 17.2. The second-order valence-electron chi connectivity index (χ2n) is 8.42. The fourth-order valence-corrected chi connectivity index (χ4v) is 4.09. The second kappa shape index (κ2) is 8.18. The molecule has 0 bridgehead atoms. The molecule has 2 amide bonds. The Morgan fingerprint density at radius 3 is 2.20 bits per heavy atom. The van der Waals surface area contributed by atoms with Gasteiger partial charge in [-0.3, -0.25) is 9.69 Å². The summed E-state index contributed by atoms with van der Waals surface area (Å²) in [5, 5.41) is 9.69. The highest BCUT2D eigenvalue weighted by atomic mass is 16.6. The van der Waals surface area contributed by atoms with Crippen LogP contribution in [0.1, 0.15) is 54.1 Å². The molecule has 0 aliphatic carbocycles. The highest BCUT2D eigenvalue weighted by Gasteiger charge is 2.50. The molecule has 0 aromatic heterocycles. The molecule has 2 aromatic rings. The van der Waals surface area contributed by atoms with Crippen molar-refractivity contribution in [2.24, 2.45) is 5.73 Å². The molecular formula is C23H26N2O5. The summed E-state index contributed by atoms with van der Waals surface area (Å²) >= 11 is 0. The number of hydrogen-bond acceptors (Lipinski definition) is 4. The SMILES string of the molecule is CC(C)(C)OC(=O)N1CC(c2ccccc2C(=O)O)[C@H](c2ccccc2)[C@H]1C(N)=O. The van der Waals surface area contributed by atoms with Crippen LogP contribution in [0.2, 0.25) is 0 Å². The van der Waals surface area contributed by atoms with Crippen molar-refractivity contribution in [3.63, 3.8) is 0 Å². The molecular weight excluding hydrogens is 384 g/mol. The van der Waals surface area contributed by atoms with Crippen molar-refractivity contribution in [1.82, 2.24) is 4.90 Å². The van der Waals surface area contributed by atoms with Crippen molar-refractivity contribution in [3.05, 3.63) is 71.3 Å². The zero-order valence-corrected chi connectivity index (χ0v) is 17.2. The number of hydrogen-bond donors (Lipinski definition) is 2. The number of aromatic carboxylic acids is 1. The monoisotopic (exact) mass is 410 g/mol. The normalized spacial score (nSPS) is 21.3. The number of rotatable bonds is 4. The zero-order chi connectivity index (χ0) is 22.1. The van der Waals surface area contributed by atoms with Gasteiger partial charge in [-0.05, 0) is 38.0 Å². The number of amides is 2. The third-order valence-corrected chi connectivity index (χ3v) is 5.20. The average Bonchev–Trinajstić information content (AvgIpc) is 3.08. The van der Waals surface area contributed by atoms with Gasteiger partial charge in [-0.2, -0.15) is 0 Å². The van der Waals surface area contributed by atoms with Crippen LogP contribution in [0, 0.1) is 0 Å². The van der Waals surface area contributed by atoms with Crippen molar-refractivity contribution < 1.29 is 24.2 Å². The summed E-state index contributed by atoms with van der Waals surface area (Å²) in [6.45, 7) is 5.34. The van der Waals surface area contributed by atoms with Gasteiger partial charge in [0.15, 0.2) is 0 Å². The lowest BCUT2D eigenvalue weighted by molar-refractivity contribution is -0.122. The van der Waals surface area contributed by atoms with Gasteiger partial charge in [0.1, 0.15) is 11.6 Å². The number of carbonyl (C=O) groups is 3. The molecule has 3 atom stereocenters. The van der Waals surface area contributed by atoms with Gasteiger partial charge < -0.3 is 15.6 Å². The van der Waals surface area contributed by atoms with E-state index in [4.69, 9.17) is 10.5 Å². The maximum Gasteiger partial charge on any atom is 0.411 e. The molecule has 1 aliphatic heterocycles. The van der Waals surface area contributed by atoms with Gasteiger partial charge >= 0.3 is 12.1 Å². The number of carboxylic acid groups (broad SMARTS) is 1. The number of likely N-dealkylation sites (tertiary alicyclic amines) is 1. The molecule has 7 nitrogen and oxygen atoms in total. The lowest BCUT2D eigenvalue weighted by Crippen LogP contribution is -2.47. The molecule has 0 spiro atoms. The Hall–Kier alpha value is -3.35. The van der Waals surface area contributed by atoms with E-state index < -0.39 is 41.4 Å². The summed E-state index contributed by atoms with van der Waals surface area (Å²) in [6, 6.07) is 14.9. The van der Waals surface area contributed by atoms with Gasteiger partial charge in [-0.25, -0.2) is 9.59 Å². The van der Waals surface area contributed by atoms with Crippen LogP contribution in [0.3, 0.4) is 0 Å². The molecule has 2 aromatic carbocycles. The first-order chi connectivity index (χ1) is 14.1. The van der Waals surface area contributed by atoms with Crippen LogP contribution < -0.4 is 5.73 Å². The Kier molecular flexibility index (Phi) is 5.82. The van der Waals surface area contributed by atoms with E-state index in [-0.39, 0.29) is 12.1 Å². The Balaban J connectivity index is 2.14. The molecule has 158 valence electrons. The highest BCUT2D eigenvalue weighted by molar-refractivity contribution is 5.91. The topological polar surface area (TPSA) is 110 Å². The van der Waals surface area contributed by atoms with Crippen LogP contribution in [0.5, 0.6) is 0 Å². The fourth-order valence-electron chi connectivity index (χ4n) is 4.09. The minimum Gasteiger partial charge on any atom is -0.478 e. The van der Waals surface area contributed by atoms with Gasteiger partial charge in [0, 0.05) is 18.4 Å². The van der Waals surface area contributed by atoms with Gasteiger partial charge in [0.25, 0.3) is 0 Å². The fraction of sp³-hybridized carbons (Fsp3) is 0.348. The van der Waals surface area contributed by atoms with E-state index in [1.54, 1.807) is 39.0 Å². The van der Waals surface area contributed by atoms with E-state index in [1.165, 1.54) is 11.0 Å².